The molecule has 0 aromatic heterocycles. The molecule has 0 aliphatic carbocycles. The van der Waals surface area contributed by atoms with E-state index in [1.165, 1.54) is 12.6 Å². The first-order valence-electron chi connectivity index (χ1n) is 1.53. The molecule has 0 aromatic carbocycles. The molecule has 32 valence electrons. The van der Waals surface area contributed by atoms with Crippen LogP contribution < -0.4 is 0 Å². The van der Waals surface area contributed by atoms with E-state index in [0.29, 0.717) is 0 Å². The van der Waals surface area contributed by atoms with Crippen LogP contribution in [0.15, 0.2) is 17.3 Å². The molecule has 1 N–H and O–H groups in total. The quantitative estimate of drug-likeness (QED) is 0.256. The Bertz CT molecular complexity index is 58.6. The molecule has 1 aliphatic rings. The SMILES string of the molecule is B1C=C1.O=NO. The van der Waals surface area contributed by atoms with Gasteiger partial charge in [-0.05, 0) is 0 Å². The Morgan fingerprint density at radius 3 is 1.83 bits per heavy atom. The Morgan fingerprint density at radius 1 is 1.67 bits per heavy atom. The molecule has 0 aromatic rings. The van der Waals surface area contributed by atoms with Crippen LogP contribution in [0, 0.1) is 4.91 Å². The molecule has 0 fully saturated rings. The van der Waals surface area contributed by atoms with Crippen molar-refractivity contribution >= 4 is 7.28 Å². The van der Waals surface area contributed by atoms with Crippen molar-refractivity contribution in [2.45, 2.75) is 0 Å². The molecule has 0 bridgehead atoms. The van der Waals surface area contributed by atoms with Crippen LogP contribution in [0.5, 0.6) is 0 Å². The van der Waals surface area contributed by atoms with E-state index in [4.69, 9.17) is 10.1 Å². The van der Waals surface area contributed by atoms with E-state index in [1.807, 2.05) is 0 Å². The fourth-order valence-electron chi connectivity index (χ4n) is 0. The maximum absolute atomic E-state index is 8.11. The van der Waals surface area contributed by atoms with Gasteiger partial charge in [-0.15, -0.1) is 16.9 Å². The van der Waals surface area contributed by atoms with Gasteiger partial charge in [-0.2, -0.15) is 0 Å². The topological polar surface area (TPSA) is 49.7 Å². The fraction of sp³-hybridized carbons (Fsp3) is 0. The molecule has 1 rings (SSSR count). The minimum absolute atomic E-state index is 1.25. The molecule has 0 amide bonds. The van der Waals surface area contributed by atoms with E-state index < -0.39 is 0 Å². The molecule has 1 heterocycles. The zero-order valence-corrected chi connectivity index (χ0v) is 3.16. The molecule has 0 saturated heterocycles. The van der Waals surface area contributed by atoms with Crippen molar-refractivity contribution in [3.8, 4) is 0 Å². The van der Waals surface area contributed by atoms with Crippen LogP contribution in [0.3, 0.4) is 0 Å². The molecule has 1 aliphatic heterocycles. The summed E-state index contributed by atoms with van der Waals surface area (Å²) in [5.74, 6) is 4.25. The van der Waals surface area contributed by atoms with Gasteiger partial charge in [-0.25, -0.2) is 0 Å². The second-order valence-corrected chi connectivity index (χ2v) is 0.789. The summed E-state index contributed by atoms with van der Waals surface area (Å²) in [6.45, 7) is 0. The van der Waals surface area contributed by atoms with Crippen LogP contribution in [0.4, 0.5) is 0 Å². The highest BCUT2D eigenvalue weighted by molar-refractivity contribution is 6.60. The Hall–Kier alpha value is -0.795. The lowest BCUT2D eigenvalue weighted by molar-refractivity contribution is 0.312. The summed E-state index contributed by atoms with van der Waals surface area (Å²) in [6.07, 6.45) is 0. The fourth-order valence-corrected chi connectivity index (χ4v) is 0. The van der Waals surface area contributed by atoms with Gasteiger partial charge in [0.1, 0.15) is 0 Å². The zero-order valence-electron chi connectivity index (χ0n) is 3.16. The van der Waals surface area contributed by atoms with E-state index in [2.05, 4.69) is 12.0 Å². The average molecular weight is 84.9 g/mol. The van der Waals surface area contributed by atoms with E-state index >= 15 is 0 Å². The monoisotopic (exact) mass is 85.0 g/mol. The number of hydrogen-bond acceptors (Lipinski definition) is 2. The van der Waals surface area contributed by atoms with Gasteiger partial charge in [0.05, 0.1) is 0 Å². The molecule has 6 heavy (non-hydrogen) atoms. The van der Waals surface area contributed by atoms with Gasteiger partial charge in [0.2, 0.25) is 0 Å². The van der Waals surface area contributed by atoms with Crippen LogP contribution in [0.1, 0.15) is 0 Å². The van der Waals surface area contributed by atoms with Gasteiger partial charge >= 0.3 is 0 Å². The number of nitrogens with zero attached hydrogens (tertiary/aromatic N) is 1. The molecular weight excluding hydrogens is 80.8 g/mol. The van der Waals surface area contributed by atoms with Gasteiger partial charge in [0.15, 0.2) is 12.6 Å². The van der Waals surface area contributed by atoms with Gasteiger partial charge in [-0.1, -0.05) is 0 Å². The summed E-state index contributed by atoms with van der Waals surface area (Å²) in [7, 11) is 1.25. The second-order valence-electron chi connectivity index (χ2n) is 0.789. The first-order valence-corrected chi connectivity index (χ1v) is 1.53. The van der Waals surface area contributed by atoms with Gasteiger partial charge in [-0.3, -0.25) is 0 Å². The first-order chi connectivity index (χ1) is 2.91. The molecular formula is C2H4BNO2. The first kappa shape index (κ1) is 5.20. The maximum Gasteiger partial charge on any atom is 0.170 e. The second kappa shape index (κ2) is 4.20. The lowest BCUT2D eigenvalue weighted by atomic mass is 10.1. The Morgan fingerprint density at radius 2 is 1.83 bits per heavy atom. The molecule has 4 heteroatoms. The van der Waals surface area contributed by atoms with Crippen molar-refractivity contribution in [3.63, 3.8) is 0 Å². The highest BCUT2D eigenvalue weighted by Crippen LogP contribution is 1.79. The third-order valence-electron chi connectivity index (χ3n) is 0.236. The predicted molar refractivity (Wildman–Crippen MR) is 23.9 cm³/mol. The van der Waals surface area contributed by atoms with Crippen LogP contribution >= 0.6 is 0 Å². The largest absolute Gasteiger partial charge is 0.379 e. The zero-order chi connectivity index (χ0) is 4.83. The summed E-state index contributed by atoms with van der Waals surface area (Å²) in [4.78, 5) is 8.11. The van der Waals surface area contributed by atoms with Crippen molar-refractivity contribution in [1.29, 1.82) is 0 Å². The van der Waals surface area contributed by atoms with Crippen LogP contribution in [0.25, 0.3) is 0 Å². The van der Waals surface area contributed by atoms with Crippen molar-refractivity contribution in [1.82, 2.24) is 0 Å². The van der Waals surface area contributed by atoms with Crippen molar-refractivity contribution in [2.24, 2.45) is 5.34 Å². The predicted octanol–water partition coefficient (Wildman–Crippen LogP) is 0.0497. The van der Waals surface area contributed by atoms with Crippen LogP contribution in [-0.2, 0) is 0 Å². The minimum Gasteiger partial charge on any atom is -0.379 e. The molecule has 0 saturated carbocycles. The Balaban J connectivity index is 0.0000000833. The lowest BCUT2D eigenvalue weighted by Gasteiger charge is -1.32. The molecule has 3 nitrogen and oxygen atoms in total. The van der Waals surface area contributed by atoms with Crippen molar-refractivity contribution in [3.05, 3.63) is 16.9 Å². The Labute approximate surface area is 35.8 Å². The normalized spacial score (nSPS) is 10.0. The van der Waals surface area contributed by atoms with Gasteiger partial charge in [0.25, 0.3) is 0 Å². The third kappa shape index (κ3) is 371. The highest BCUT2D eigenvalue weighted by atomic mass is 16.6. The van der Waals surface area contributed by atoms with Crippen molar-refractivity contribution in [2.75, 3.05) is 0 Å². The molecule has 0 atom stereocenters. The van der Waals surface area contributed by atoms with Crippen LogP contribution in [-0.4, -0.2) is 12.5 Å². The summed E-state index contributed by atoms with van der Waals surface area (Å²) in [5, 5.41) is 7.89. The lowest BCUT2D eigenvalue weighted by Crippen LogP contribution is -1.30. The van der Waals surface area contributed by atoms with Gasteiger partial charge in [0, 0.05) is 0 Å². The highest BCUT2D eigenvalue weighted by Gasteiger charge is 1.80. The average Bonchev–Trinajstić information content (AvgIpc) is 2.11. The van der Waals surface area contributed by atoms with E-state index in [9.17, 15) is 0 Å². The van der Waals surface area contributed by atoms with E-state index in [0.717, 1.165) is 0 Å². The standard InChI is InChI=1S/C2H3B.HNO2/c1-2-3-1;2-1-3/h1-3H;(H,2,3). The van der Waals surface area contributed by atoms with Crippen LogP contribution in [0.2, 0.25) is 0 Å². The Kier molecular flexibility index (Phi) is 3.65. The number of hydrogen-bond donors (Lipinski definition) is 1. The molecule has 0 unspecified atom stereocenters. The summed E-state index contributed by atoms with van der Waals surface area (Å²) >= 11 is 0. The minimum atomic E-state index is 1.25. The van der Waals surface area contributed by atoms with Gasteiger partial charge < -0.3 is 5.21 Å². The molecule has 0 spiro atoms. The number of rotatable bonds is 0. The maximum atomic E-state index is 8.11. The smallest absolute Gasteiger partial charge is 0.170 e. The third-order valence-corrected chi connectivity index (χ3v) is 0.236. The summed E-state index contributed by atoms with van der Waals surface area (Å²) < 4.78 is 0. The summed E-state index contributed by atoms with van der Waals surface area (Å²) in [5.41, 5.74) is 0. The van der Waals surface area contributed by atoms with Crippen molar-refractivity contribution < 1.29 is 5.21 Å². The van der Waals surface area contributed by atoms with E-state index in [-0.39, 0.29) is 0 Å². The molecule has 0 radical (unpaired) electrons. The van der Waals surface area contributed by atoms with E-state index in [1.54, 1.807) is 0 Å². The summed E-state index contributed by atoms with van der Waals surface area (Å²) in [6, 6.07) is 0.